The maximum absolute atomic E-state index is 5.16. The number of piperazine rings is 1. The van der Waals surface area contributed by atoms with Gasteiger partial charge in [0.1, 0.15) is 18.1 Å². The molecule has 0 spiro atoms. The molecular weight excluding hydrogens is 360 g/mol. The van der Waals surface area contributed by atoms with Gasteiger partial charge < -0.3 is 24.0 Å². The molecule has 0 unspecified atom stereocenters. The maximum atomic E-state index is 5.16. The molecule has 154 valence electrons. The molecule has 0 aromatic carbocycles. The smallest absolute Gasteiger partial charge is 0.194 e. The van der Waals surface area contributed by atoms with Crippen molar-refractivity contribution in [1.29, 1.82) is 0 Å². The van der Waals surface area contributed by atoms with Crippen molar-refractivity contribution in [1.82, 2.24) is 35.0 Å². The van der Waals surface area contributed by atoms with Gasteiger partial charge in [0.25, 0.3) is 0 Å². The van der Waals surface area contributed by atoms with Crippen molar-refractivity contribution in [3.8, 4) is 0 Å². The number of nitrogens with one attached hydrogen (secondary N) is 1. The van der Waals surface area contributed by atoms with E-state index in [0.29, 0.717) is 19.7 Å². The average Bonchev–Trinajstić information content (AvgIpc) is 3.24. The summed E-state index contributed by atoms with van der Waals surface area (Å²) in [7, 11) is 3.66. The van der Waals surface area contributed by atoms with Crippen molar-refractivity contribution in [3.05, 3.63) is 29.2 Å². The number of methoxy groups -OCH3 is 1. The summed E-state index contributed by atoms with van der Waals surface area (Å²) in [6, 6.07) is 1.99. The molecule has 1 N–H and O–H groups in total. The van der Waals surface area contributed by atoms with Crippen LogP contribution in [0.25, 0.3) is 0 Å². The summed E-state index contributed by atoms with van der Waals surface area (Å²) in [5.74, 6) is 3.47. The summed E-state index contributed by atoms with van der Waals surface area (Å²) in [4.78, 5) is 9.45. The number of ether oxygens (including phenoxy) is 1. The number of guanidine groups is 1. The number of nitrogens with zero attached hydrogens (tertiary/aromatic N) is 7. The molecule has 2 aromatic heterocycles. The average molecular weight is 390 g/mol. The van der Waals surface area contributed by atoms with Crippen molar-refractivity contribution < 1.29 is 9.26 Å². The van der Waals surface area contributed by atoms with Crippen LogP contribution in [0.4, 0.5) is 0 Å². The highest BCUT2D eigenvalue weighted by Crippen LogP contribution is 2.10. The van der Waals surface area contributed by atoms with Gasteiger partial charge in [-0.1, -0.05) is 5.16 Å². The second kappa shape index (κ2) is 9.65. The van der Waals surface area contributed by atoms with E-state index in [9.17, 15) is 0 Å². The van der Waals surface area contributed by atoms with Crippen molar-refractivity contribution >= 4 is 5.96 Å². The van der Waals surface area contributed by atoms with Crippen molar-refractivity contribution in [2.75, 3.05) is 46.4 Å². The summed E-state index contributed by atoms with van der Waals surface area (Å²) in [6.07, 6.45) is 0. The third-order valence-electron chi connectivity index (χ3n) is 4.88. The van der Waals surface area contributed by atoms with E-state index < -0.39 is 0 Å². The summed E-state index contributed by atoms with van der Waals surface area (Å²) >= 11 is 0. The summed E-state index contributed by atoms with van der Waals surface area (Å²) in [5.41, 5.74) is 0.982. The first-order valence-corrected chi connectivity index (χ1v) is 9.58. The first kappa shape index (κ1) is 20.3. The second-order valence-electron chi connectivity index (χ2n) is 6.97. The normalized spacial score (nSPS) is 16.0. The standard InChI is InChI=1S/C18H30N8O2/c1-14-11-16(23-28-14)13-25-6-8-26(9-7-25)18(19-5-10-27-4)20-12-17-22-21-15(2)24(17)3/h11H,5-10,12-13H2,1-4H3,(H,19,20). The van der Waals surface area contributed by atoms with Gasteiger partial charge in [-0.05, 0) is 13.8 Å². The van der Waals surface area contributed by atoms with Crippen LogP contribution >= 0.6 is 0 Å². The molecule has 3 heterocycles. The van der Waals surface area contributed by atoms with Gasteiger partial charge >= 0.3 is 0 Å². The number of hydrogen-bond acceptors (Lipinski definition) is 7. The molecule has 1 aliphatic rings. The van der Waals surface area contributed by atoms with Gasteiger partial charge in [0.05, 0.1) is 12.3 Å². The van der Waals surface area contributed by atoms with Gasteiger partial charge in [-0.3, -0.25) is 4.90 Å². The molecule has 0 saturated carbocycles. The van der Waals surface area contributed by atoms with Crippen LogP contribution in [0.3, 0.4) is 0 Å². The summed E-state index contributed by atoms with van der Waals surface area (Å²) in [6.45, 7) is 10.2. The third-order valence-corrected chi connectivity index (χ3v) is 4.88. The van der Waals surface area contributed by atoms with Crippen molar-refractivity contribution in [3.63, 3.8) is 0 Å². The number of hydrogen-bond donors (Lipinski definition) is 1. The Morgan fingerprint density at radius 2 is 2.04 bits per heavy atom. The Morgan fingerprint density at radius 1 is 1.25 bits per heavy atom. The molecule has 0 atom stereocenters. The minimum atomic E-state index is 0.491. The zero-order valence-electron chi connectivity index (χ0n) is 17.2. The van der Waals surface area contributed by atoms with E-state index in [0.717, 1.165) is 61.8 Å². The van der Waals surface area contributed by atoms with E-state index in [-0.39, 0.29) is 0 Å². The van der Waals surface area contributed by atoms with E-state index in [1.807, 2.05) is 31.5 Å². The van der Waals surface area contributed by atoms with Crippen LogP contribution in [-0.4, -0.2) is 82.1 Å². The second-order valence-corrected chi connectivity index (χ2v) is 6.97. The maximum Gasteiger partial charge on any atom is 0.194 e. The van der Waals surface area contributed by atoms with Crippen LogP contribution in [0.2, 0.25) is 0 Å². The Kier molecular flexibility index (Phi) is 6.99. The largest absolute Gasteiger partial charge is 0.383 e. The third kappa shape index (κ3) is 5.29. The summed E-state index contributed by atoms with van der Waals surface area (Å²) in [5, 5.41) is 15.8. The van der Waals surface area contributed by atoms with Gasteiger partial charge in [0.15, 0.2) is 11.8 Å². The highest BCUT2D eigenvalue weighted by Gasteiger charge is 2.21. The minimum Gasteiger partial charge on any atom is -0.383 e. The molecule has 2 aromatic rings. The lowest BCUT2D eigenvalue weighted by Crippen LogP contribution is -2.52. The zero-order valence-corrected chi connectivity index (χ0v) is 17.2. The van der Waals surface area contributed by atoms with Gasteiger partial charge in [-0.15, -0.1) is 10.2 Å². The number of aliphatic imine (C=N–C) groups is 1. The number of rotatable bonds is 7. The van der Waals surface area contributed by atoms with Crippen LogP contribution in [0, 0.1) is 13.8 Å². The van der Waals surface area contributed by atoms with E-state index in [2.05, 4.69) is 30.5 Å². The van der Waals surface area contributed by atoms with Crippen LogP contribution in [0.15, 0.2) is 15.6 Å². The van der Waals surface area contributed by atoms with Gasteiger partial charge in [-0.2, -0.15) is 0 Å². The lowest BCUT2D eigenvalue weighted by molar-refractivity contribution is 0.166. The Bertz CT molecular complexity index is 776. The molecular formula is C18H30N8O2. The molecule has 0 aliphatic carbocycles. The molecule has 28 heavy (non-hydrogen) atoms. The molecule has 1 aliphatic heterocycles. The summed E-state index contributed by atoms with van der Waals surface area (Å²) < 4.78 is 12.3. The Labute approximate surface area is 165 Å². The lowest BCUT2D eigenvalue weighted by Gasteiger charge is -2.36. The van der Waals surface area contributed by atoms with E-state index in [4.69, 9.17) is 14.3 Å². The Morgan fingerprint density at radius 3 is 2.64 bits per heavy atom. The van der Waals surface area contributed by atoms with Crippen LogP contribution in [-0.2, 0) is 24.9 Å². The highest BCUT2D eigenvalue weighted by molar-refractivity contribution is 5.80. The zero-order chi connectivity index (χ0) is 19.9. The quantitative estimate of drug-likeness (QED) is 0.410. The number of aryl methyl sites for hydroxylation is 2. The van der Waals surface area contributed by atoms with Crippen molar-refractivity contribution in [2.24, 2.45) is 12.0 Å². The molecule has 0 bridgehead atoms. The molecule has 10 heteroatoms. The first-order valence-electron chi connectivity index (χ1n) is 9.58. The van der Waals surface area contributed by atoms with Gasteiger partial charge in [0.2, 0.25) is 0 Å². The van der Waals surface area contributed by atoms with Crippen LogP contribution in [0.1, 0.15) is 23.1 Å². The Hall–Kier alpha value is -2.46. The highest BCUT2D eigenvalue weighted by atomic mass is 16.5. The fourth-order valence-corrected chi connectivity index (χ4v) is 3.11. The fourth-order valence-electron chi connectivity index (χ4n) is 3.11. The van der Waals surface area contributed by atoms with Gasteiger partial charge in [-0.25, -0.2) is 4.99 Å². The van der Waals surface area contributed by atoms with Crippen LogP contribution in [0.5, 0.6) is 0 Å². The predicted molar refractivity (Wildman–Crippen MR) is 105 cm³/mol. The molecule has 0 radical (unpaired) electrons. The van der Waals surface area contributed by atoms with Crippen molar-refractivity contribution in [2.45, 2.75) is 26.9 Å². The van der Waals surface area contributed by atoms with E-state index >= 15 is 0 Å². The molecule has 1 fully saturated rings. The van der Waals surface area contributed by atoms with Crippen LogP contribution < -0.4 is 5.32 Å². The van der Waals surface area contributed by atoms with Gasteiger partial charge in [0, 0.05) is 59.5 Å². The fraction of sp³-hybridized carbons (Fsp3) is 0.667. The molecule has 3 rings (SSSR count). The Balaban J connectivity index is 1.58. The van der Waals surface area contributed by atoms with E-state index in [1.54, 1.807) is 7.11 Å². The monoisotopic (exact) mass is 390 g/mol. The van der Waals surface area contributed by atoms with E-state index in [1.165, 1.54) is 0 Å². The number of aromatic nitrogens is 4. The topological polar surface area (TPSA) is 96.8 Å². The predicted octanol–water partition coefficient (Wildman–Crippen LogP) is 0.330. The SMILES string of the molecule is COCCNC(=NCc1nnc(C)n1C)N1CCN(Cc2cc(C)on2)CC1. The first-order chi connectivity index (χ1) is 13.6. The minimum absolute atomic E-state index is 0.491. The molecule has 10 nitrogen and oxygen atoms in total. The lowest BCUT2D eigenvalue weighted by atomic mass is 10.3. The molecule has 0 amide bonds. The molecule has 1 saturated heterocycles.